The lowest BCUT2D eigenvalue weighted by molar-refractivity contribution is -0.140. The third-order valence-corrected chi connectivity index (χ3v) is 14.3. The summed E-state index contributed by atoms with van der Waals surface area (Å²) in [5.41, 5.74) is -0.181. The maximum atomic E-state index is 14.5. The number of amides is 3. The van der Waals surface area contributed by atoms with E-state index in [1.807, 2.05) is 62.4 Å². The Kier molecular flexibility index (Phi) is 11.4. The number of benzene rings is 2. The summed E-state index contributed by atoms with van der Waals surface area (Å²) in [6.07, 6.45) is 7.34. The molecular weight excluding hydrogens is 761 g/mol. The van der Waals surface area contributed by atoms with E-state index in [-0.39, 0.29) is 43.7 Å². The van der Waals surface area contributed by atoms with Gasteiger partial charge in [0.2, 0.25) is 27.7 Å². The van der Waals surface area contributed by atoms with Gasteiger partial charge in [-0.1, -0.05) is 26.0 Å². The summed E-state index contributed by atoms with van der Waals surface area (Å²) in [4.78, 5) is 49.1. The van der Waals surface area contributed by atoms with Crippen molar-refractivity contribution in [3.05, 3.63) is 54.6 Å². The van der Waals surface area contributed by atoms with Gasteiger partial charge in [0, 0.05) is 35.1 Å². The molecule has 2 saturated carbocycles. The van der Waals surface area contributed by atoms with Gasteiger partial charge in [-0.25, -0.2) is 13.4 Å². The van der Waals surface area contributed by atoms with E-state index in [0.717, 1.165) is 24.8 Å². The van der Waals surface area contributed by atoms with Crippen molar-refractivity contribution in [2.75, 3.05) is 20.8 Å². The maximum absolute atomic E-state index is 14.5. The van der Waals surface area contributed by atoms with Gasteiger partial charge < -0.3 is 29.2 Å². The fourth-order valence-corrected chi connectivity index (χ4v) is 9.71. The van der Waals surface area contributed by atoms with E-state index in [4.69, 9.17) is 23.9 Å². The summed E-state index contributed by atoms with van der Waals surface area (Å²) in [7, 11) is -0.791. The molecule has 6 atom stereocenters. The first kappa shape index (κ1) is 41.3. The van der Waals surface area contributed by atoms with E-state index in [1.54, 1.807) is 32.1 Å². The van der Waals surface area contributed by atoms with Crippen molar-refractivity contribution in [2.45, 2.75) is 115 Å². The number of hydrogen-bond donors (Lipinski definition) is 2. The molecule has 2 N–H and O–H groups in total. The summed E-state index contributed by atoms with van der Waals surface area (Å²) < 4.78 is 51.8. The SMILES string of the molecule is COc1ccc2c(O[C@@H]3C[C@H]4C(=O)N[C@]5(C(=O)NS(=O)(=O)C6(C)CC6)C[C@H]5/C=C\CC[C@H](C)C[C@@H](C)CC(=O)N4C3)nc(-c3ccc(OC(C)C)cc3)c(OC)c2c1. The summed E-state index contributed by atoms with van der Waals surface area (Å²) in [6, 6.07) is 12.1. The molecule has 3 fully saturated rings. The van der Waals surface area contributed by atoms with Crippen LogP contribution in [0.25, 0.3) is 22.0 Å². The minimum absolute atomic E-state index is 0.00492. The average Bonchev–Trinajstić information content (AvgIpc) is 4.06. The largest absolute Gasteiger partial charge is 0.497 e. The highest BCUT2D eigenvalue weighted by Crippen LogP contribution is 2.48. The van der Waals surface area contributed by atoms with Gasteiger partial charge in [0.1, 0.15) is 34.9 Å². The Labute approximate surface area is 341 Å². The van der Waals surface area contributed by atoms with Crippen molar-refractivity contribution in [1.82, 2.24) is 19.9 Å². The molecule has 3 amide bonds. The molecule has 0 bridgehead atoms. The molecule has 2 aliphatic carbocycles. The van der Waals surface area contributed by atoms with E-state index in [9.17, 15) is 22.8 Å². The number of fused-ring (bicyclic) bond motifs is 3. The quantitative estimate of drug-likeness (QED) is 0.221. The highest BCUT2D eigenvalue weighted by atomic mass is 32.2. The topological polar surface area (TPSA) is 162 Å². The second kappa shape index (κ2) is 16.1. The first-order chi connectivity index (χ1) is 27.6. The van der Waals surface area contributed by atoms with Crippen molar-refractivity contribution < 1.29 is 41.7 Å². The minimum Gasteiger partial charge on any atom is -0.497 e. The molecule has 58 heavy (non-hydrogen) atoms. The van der Waals surface area contributed by atoms with Crippen LogP contribution in [0.4, 0.5) is 0 Å². The average molecular weight is 817 g/mol. The Hall–Kier alpha value is -4.85. The molecule has 14 heteroatoms. The van der Waals surface area contributed by atoms with E-state index < -0.39 is 50.2 Å². The lowest BCUT2D eigenvalue weighted by Gasteiger charge is -2.28. The van der Waals surface area contributed by atoms with Crippen molar-refractivity contribution >= 4 is 38.5 Å². The molecule has 0 radical (unpaired) electrons. The number of nitrogens with zero attached hydrogens (tertiary/aromatic N) is 2. The first-order valence-electron chi connectivity index (χ1n) is 20.4. The zero-order valence-electron chi connectivity index (χ0n) is 34.5. The number of ether oxygens (including phenoxy) is 4. The van der Waals surface area contributed by atoms with Crippen LogP contribution >= 0.6 is 0 Å². The number of rotatable bonds is 10. The molecule has 312 valence electrons. The smallest absolute Gasteiger partial charge is 0.259 e. The van der Waals surface area contributed by atoms with Crippen LogP contribution in [0, 0.1) is 17.8 Å². The number of pyridine rings is 1. The van der Waals surface area contributed by atoms with Crippen LogP contribution in [-0.2, 0) is 24.4 Å². The molecule has 1 aromatic heterocycles. The summed E-state index contributed by atoms with van der Waals surface area (Å²) in [5, 5.41) is 4.31. The van der Waals surface area contributed by atoms with Gasteiger partial charge in [-0.3, -0.25) is 19.1 Å². The molecule has 3 aromatic rings. The number of aromatic nitrogens is 1. The van der Waals surface area contributed by atoms with Gasteiger partial charge in [-0.05, 0) is 114 Å². The molecule has 3 heterocycles. The van der Waals surface area contributed by atoms with E-state index in [0.29, 0.717) is 58.4 Å². The van der Waals surface area contributed by atoms with Gasteiger partial charge in [-0.15, -0.1) is 0 Å². The molecule has 7 rings (SSSR count). The number of hydrogen-bond acceptors (Lipinski definition) is 10. The predicted octanol–water partition coefficient (Wildman–Crippen LogP) is 6.33. The van der Waals surface area contributed by atoms with Crippen LogP contribution < -0.4 is 29.0 Å². The lowest BCUT2D eigenvalue weighted by atomic mass is 9.91. The molecule has 0 unspecified atom stereocenters. The number of allylic oxidation sites excluding steroid dienone is 1. The van der Waals surface area contributed by atoms with Crippen LogP contribution in [0.1, 0.15) is 86.0 Å². The molecule has 4 aliphatic rings. The highest BCUT2D eigenvalue weighted by molar-refractivity contribution is 7.91. The Balaban J connectivity index is 1.22. The summed E-state index contributed by atoms with van der Waals surface area (Å²) in [5.74, 6) is 0.690. The molecule has 13 nitrogen and oxygen atoms in total. The Morgan fingerprint density at radius 1 is 0.983 bits per heavy atom. The fraction of sp³-hybridized carbons (Fsp3) is 0.545. The van der Waals surface area contributed by atoms with Crippen LogP contribution in [0.2, 0.25) is 0 Å². The van der Waals surface area contributed by atoms with Crippen LogP contribution in [0.5, 0.6) is 23.1 Å². The lowest BCUT2D eigenvalue weighted by Crippen LogP contribution is -2.57. The minimum atomic E-state index is -3.96. The number of nitrogens with one attached hydrogen (secondary N) is 2. The zero-order valence-corrected chi connectivity index (χ0v) is 35.3. The van der Waals surface area contributed by atoms with Crippen molar-refractivity contribution in [3.63, 3.8) is 0 Å². The monoisotopic (exact) mass is 816 g/mol. The third kappa shape index (κ3) is 8.35. The Bertz CT molecular complexity index is 2200. The number of sulfonamides is 1. The van der Waals surface area contributed by atoms with Crippen LogP contribution in [0.3, 0.4) is 0 Å². The van der Waals surface area contributed by atoms with Gasteiger partial charge in [0.25, 0.3) is 5.91 Å². The van der Waals surface area contributed by atoms with Gasteiger partial charge in [0.15, 0.2) is 5.75 Å². The van der Waals surface area contributed by atoms with E-state index in [1.165, 1.54) is 0 Å². The predicted molar refractivity (Wildman–Crippen MR) is 220 cm³/mol. The second-order valence-corrected chi connectivity index (χ2v) is 19.4. The second-order valence-electron chi connectivity index (χ2n) is 17.3. The summed E-state index contributed by atoms with van der Waals surface area (Å²) >= 11 is 0. The normalized spacial score (nSPS) is 27.7. The number of carbonyl (C=O) groups is 3. The van der Waals surface area contributed by atoms with Crippen molar-refractivity contribution in [1.29, 1.82) is 0 Å². The van der Waals surface area contributed by atoms with E-state index in [2.05, 4.69) is 23.9 Å². The standard InChI is InChI=1S/C44H56N4O9S/c1-26(2)56-31-14-12-29(13-15-31)38-39(55-7)35-22-32(54-6)16-17-34(35)41(45-38)57-33-23-36-40(50)46-44(42(51)47-58(52,53)43(5)18-19-43)24-30(44)11-9-8-10-27(3)20-28(4)21-37(49)48(36)25-33/h9,11-17,22,26-28,30,33,36H,8,10,18-21,23-25H2,1-7H3,(H,46,50)(H,47,51)/b11-9-/t27-,28+,30+,33+,36-,44+/m0/s1. The Morgan fingerprint density at radius 3 is 2.38 bits per heavy atom. The molecule has 2 aromatic carbocycles. The van der Waals surface area contributed by atoms with E-state index >= 15 is 0 Å². The van der Waals surface area contributed by atoms with Crippen molar-refractivity contribution in [2.24, 2.45) is 17.8 Å². The molecular formula is C44H56N4O9S. The molecule has 1 saturated heterocycles. The molecule has 2 aliphatic heterocycles. The van der Waals surface area contributed by atoms with Crippen LogP contribution in [-0.4, -0.2) is 85.3 Å². The Morgan fingerprint density at radius 2 is 1.71 bits per heavy atom. The van der Waals surface area contributed by atoms with Crippen LogP contribution in [0.15, 0.2) is 54.6 Å². The van der Waals surface area contributed by atoms with Crippen molar-refractivity contribution in [3.8, 4) is 34.4 Å². The van der Waals surface area contributed by atoms with Gasteiger partial charge in [0.05, 0.1) is 31.6 Å². The van der Waals surface area contributed by atoms with Gasteiger partial charge >= 0.3 is 0 Å². The molecule has 0 spiro atoms. The number of carbonyl (C=O) groups excluding carboxylic acids is 3. The maximum Gasteiger partial charge on any atom is 0.259 e. The zero-order chi connectivity index (χ0) is 41.6. The number of methoxy groups -OCH3 is 2. The van der Waals surface area contributed by atoms with Gasteiger partial charge in [-0.2, -0.15) is 0 Å². The first-order valence-corrected chi connectivity index (χ1v) is 21.9. The highest BCUT2D eigenvalue weighted by Gasteiger charge is 2.63. The fourth-order valence-electron chi connectivity index (χ4n) is 8.40. The summed E-state index contributed by atoms with van der Waals surface area (Å²) in [6.45, 7) is 9.87. The third-order valence-electron chi connectivity index (χ3n) is 12.1.